The summed E-state index contributed by atoms with van der Waals surface area (Å²) in [6.45, 7) is 0.682. The molecule has 1 aliphatic heterocycles. The molecular formula is C12H17N3O2S. The number of aryl methyl sites for hydroxylation is 1. The second kappa shape index (κ2) is 4.95. The summed E-state index contributed by atoms with van der Waals surface area (Å²) < 4.78 is 5.35. The average Bonchev–Trinajstić information content (AvgIpc) is 2.95. The number of fused-ring (bicyclic) bond motifs is 1. The molecule has 1 aliphatic carbocycles. The number of amides is 1. The second-order valence-electron chi connectivity index (χ2n) is 4.88. The molecule has 0 unspecified atom stereocenters. The first-order chi connectivity index (χ1) is 8.72. The first-order valence-electron chi connectivity index (χ1n) is 6.39. The molecule has 5 nitrogen and oxygen atoms in total. The molecule has 6 heteroatoms. The van der Waals surface area contributed by atoms with Gasteiger partial charge < -0.3 is 10.5 Å². The van der Waals surface area contributed by atoms with Gasteiger partial charge in [0, 0.05) is 17.5 Å². The fourth-order valence-corrected chi connectivity index (χ4v) is 3.53. The van der Waals surface area contributed by atoms with E-state index in [0.717, 1.165) is 37.8 Å². The normalized spacial score (nSPS) is 26.9. The molecule has 2 atom stereocenters. The Morgan fingerprint density at radius 1 is 1.50 bits per heavy atom. The molecule has 2 aliphatic rings. The molecule has 0 saturated carbocycles. The van der Waals surface area contributed by atoms with Gasteiger partial charge in [-0.2, -0.15) is 0 Å². The fraction of sp³-hybridized carbons (Fsp3) is 0.667. The third-order valence-corrected chi connectivity index (χ3v) is 4.47. The van der Waals surface area contributed by atoms with Gasteiger partial charge in [0.15, 0.2) is 5.13 Å². The Labute approximate surface area is 110 Å². The third-order valence-electron chi connectivity index (χ3n) is 3.43. The Bertz CT molecular complexity index is 454. The number of ether oxygens (including phenoxy) is 1. The fourth-order valence-electron chi connectivity index (χ4n) is 2.42. The van der Waals surface area contributed by atoms with Crippen LogP contribution in [0.3, 0.4) is 0 Å². The van der Waals surface area contributed by atoms with Crippen molar-refractivity contribution < 1.29 is 9.53 Å². The molecule has 3 rings (SSSR count). The van der Waals surface area contributed by atoms with Crippen LogP contribution in [0.4, 0.5) is 5.13 Å². The van der Waals surface area contributed by atoms with E-state index in [-0.39, 0.29) is 18.1 Å². The molecule has 0 spiro atoms. The van der Waals surface area contributed by atoms with E-state index < -0.39 is 0 Å². The highest BCUT2D eigenvalue weighted by Crippen LogP contribution is 2.29. The highest BCUT2D eigenvalue weighted by Gasteiger charge is 2.26. The Balaban J connectivity index is 1.68. The molecule has 3 N–H and O–H groups in total. The molecule has 1 aromatic heterocycles. The SMILES string of the molecule is N[C@H]1CCc2nc(NC(=O)[C@H]3CCCO3)sc2C1. The predicted molar refractivity (Wildman–Crippen MR) is 69.7 cm³/mol. The minimum atomic E-state index is -0.298. The van der Waals surface area contributed by atoms with Crippen LogP contribution in [0.15, 0.2) is 0 Å². The van der Waals surface area contributed by atoms with Gasteiger partial charge in [-0.05, 0) is 32.1 Å². The molecule has 0 bridgehead atoms. The minimum absolute atomic E-state index is 0.0668. The Morgan fingerprint density at radius 2 is 2.39 bits per heavy atom. The van der Waals surface area contributed by atoms with Crippen molar-refractivity contribution in [1.29, 1.82) is 0 Å². The number of carbonyl (C=O) groups is 1. The Morgan fingerprint density at radius 3 is 3.17 bits per heavy atom. The van der Waals surface area contributed by atoms with Crippen LogP contribution in [0.1, 0.15) is 29.8 Å². The van der Waals surface area contributed by atoms with Gasteiger partial charge in [0.2, 0.25) is 0 Å². The molecule has 2 heterocycles. The van der Waals surface area contributed by atoms with Gasteiger partial charge in [-0.15, -0.1) is 11.3 Å². The lowest BCUT2D eigenvalue weighted by atomic mass is 9.99. The average molecular weight is 267 g/mol. The number of carbonyl (C=O) groups excluding carboxylic acids is 1. The van der Waals surface area contributed by atoms with Gasteiger partial charge in [-0.1, -0.05) is 0 Å². The summed E-state index contributed by atoms with van der Waals surface area (Å²) in [7, 11) is 0. The number of aromatic nitrogens is 1. The van der Waals surface area contributed by atoms with Gasteiger partial charge >= 0.3 is 0 Å². The van der Waals surface area contributed by atoms with Crippen LogP contribution in [-0.2, 0) is 22.4 Å². The molecule has 98 valence electrons. The summed E-state index contributed by atoms with van der Waals surface area (Å²) in [5.74, 6) is -0.0668. The van der Waals surface area contributed by atoms with E-state index in [1.54, 1.807) is 11.3 Å². The van der Waals surface area contributed by atoms with Crippen LogP contribution in [0.25, 0.3) is 0 Å². The lowest BCUT2D eigenvalue weighted by Gasteiger charge is -2.15. The van der Waals surface area contributed by atoms with Crippen molar-refractivity contribution in [3.63, 3.8) is 0 Å². The Hall–Kier alpha value is -0.980. The quantitative estimate of drug-likeness (QED) is 0.840. The van der Waals surface area contributed by atoms with Crippen LogP contribution < -0.4 is 11.1 Å². The Kier molecular flexibility index (Phi) is 3.32. The molecule has 1 aromatic rings. The monoisotopic (exact) mass is 267 g/mol. The lowest BCUT2D eigenvalue weighted by Crippen LogP contribution is -2.27. The van der Waals surface area contributed by atoms with E-state index in [9.17, 15) is 4.79 Å². The number of nitrogens with two attached hydrogens (primary N) is 1. The number of thiazole rings is 1. The van der Waals surface area contributed by atoms with Gasteiger partial charge in [0.05, 0.1) is 5.69 Å². The maximum Gasteiger partial charge on any atom is 0.255 e. The summed E-state index contributed by atoms with van der Waals surface area (Å²) in [5, 5.41) is 3.55. The first kappa shape index (κ1) is 12.1. The largest absolute Gasteiger partial charge is 0.368 e. The first-order valence-corrected chi connectivity index (χ1v) is 7.20. The maximum atomic E-state index is 11.9. The van der Waals surface area contributed by atoms with Crippen LogP contribution in [0.2, 0.25) is 0 Å². The second-order valence-corrected chi connectivity index (χ2v) is 5.97. The zero-order chi connectivity index (χ0) is 12.5. The number of anilines is 1. The summed E-state index contributed by atoms with van der Waals surface area (Å²) in [6, 6.07) is 0.236. The van der Waals surface area contributed by atoms with Crippen LogP contribution in [0.5, 0.6) is 0 Å². The van der Waals surface area contributed by atoms with Gasteiger partial charge in [-0.3, -0.25) is 10.1 Å². The van der Waals surface area contributed by atoms with Crippen LogP contribution >= 0.6 is 11.3 Å². The van der Waals surface area contributed by atoms with E-state index in [0.29, 0.717) is 11.7 Å². The van der Waals surface area contributed by atoms with E-state index >= 15 is 0 Å². The number of hydrogen-bond donors (Lipinski definition) is 2. The zero-order valence-corrected chi connectivity index (χ0v) is 11.0. The minimum Gasteiger partial charge on any atom is -0.368 e. The maximum absolute atomic E-state index is 11.9. The molecule has 18 heavy (non-hydrogen) atoms. The number of hydrogen-bond acceptors (Lipinski definition) is 5. The van der Waals surface area contributed by atoms with E-state index in [1.165, 1.54) is 4.88 Å². The smallest absolute Gasteiger partial charge is 0.255 e. The number of nitrogens with one attached hydrogen (secondary N) is 1. The van der Waals surface area contributed by atoms with Crippen molar-refractivity contribution in [3.8, 4) is 0 Å². The van der Waals surface area contributed by atoms with E-state index in [2.05, 4.69) is 10.3 Å². The van der Waals surface area contributed by atoms with Crippen molar-refractivity contribution >= 4 is 22.4 Å². The summed E-state index contributed by atoms with van der Waals surface area (Å²) in [6.07, 6.45) is 4.25. The zero-order valence-electron chi connectivity index (χ0n) is 10.1. The molecule has 1 saturated heterocycles. The van der Waals surface area contributed by atoms with Crippen LogP contribution in [-0.4, -0.2) is 29.6 Å². The van der Waals surface area contributed by atoms with E-state index in [1.807, 2.05) is 0 Å². The van der Waals surface area contributed by atoms with Crippen LogP contribution in [0, 0.1) is 0 Å². The third kappa shape index (κ3) is 2.41. The highest BCUT2D eigenvalue weighted by atomic mass is 32.1. The van der Waals surface area contributed by atoms with Gasteiger partial charge in [0.1, 0.15) is 6.10 Å². The predicted octanol–water partition coefficient (Wildman–Crippen LogP) is 1.08. The van der Waals surface area contributed by atoms with Crippen molar-refractivity contribution in [2.45, 2.75) is 44.2 Å². The van der Waals surface area contributed by atoms with Gasteiger partial charge in [-0.25, -0.2) is 4.98 Å². The van der Waals surface area contributed by atoms with Crippen molar-refractivity contribution in [1.82, 2.24) is 4.98 Å². The standard InChI is InChI=1S/C12H17N3O2S/c13-7-3-4-8-10(6-7)18-12(14-8)15-11(16)9-2-1-5-17-9/h7,9H,1-6,13H2,(H,14,15,16)/t7-,9+/m0/s1. The molecule has 0 radical (unpaired) electrons. The molecule has 1 amide bonds. The van der Waals surface area contributed by atoms with Crippen molar-refractivity contribution in [2.75, 3.05) is 11.9 Å². The number of rotatable bonds is 2. The summed E-state index contributed by atoms with van der Waals surface area (Å²) >= 11 is 1.55. The number of nitrogens with zero attached hydrogens (tertiary/aromatic N) is 1. The molecular weight excluding hydrogens is 250 g/mol. The van der Waals surface area contributed by atoms with E-state index in [4.69, 9.17) is 10.5 Å². The topological polar surface area (TPSA) is 77.2 Å². The molecule has 0 aromatic carbocycles. The van der Waals surface area contributed by atoms with Crippen molar-refractivity contribution in [2.24, 2.45) is 5.73 Å². The summed E-state index contributed by atoms with van der Waals surface area (Å²) in [4.78, 5) is 17.6. The highest BCUT2D eigenvalue weighted by molar-refractivity contribution is 7.15. The van der Waals surface area contributed by atoms with Gasteiger partial charge in [0.25, 0.3) is 5.91 Å². The molecule has 1 fully saturated rings. The summed E-state index contributed by atoms with van der Waals surface area (Å²) in [5.41, 5.74) is 7.03. The van der Waals surface area contributed by atoms with Crippen molar-refractivity contribution in [3.05, 3.63) is 10.6 Å². The lowest BCUT2D eigenvalue weighted by molar-refractivity contribution is -0.124.